The first-order valence-electron chi connectivity index (χ1n) is 25.0. The van der Waals surface area contributed by atoms with Crippen LogP contribution in [0, 0.1) is 0 Å². The van der Waals surface area contributed by atoms with Crippen molar-refractivity contribution in [2.24, 2.45) is 0 Å². The maximum atomic E-state index is 6.49. The Kier molecular flexibility index (Phi) is 8.97. The molecule has 1 aliphatic carbocycles. The largest absolute Gasteiger partial charge is 0.456 e. The summed E-state index contributed by atoms with van der Waals surface area (Å²) in [7, 11) is 0. The summed E-state index contributed by atoms with van der Waals surface area (Å²) in [5, 5.41) is 6.80. The summed E-state index contributed by atoms with van der Waals surface area (Å²) in [4.78, 5) is 2.35. The number of benzene rings is 11. The van der Waals surface area contributed by atoms with Gasteiger partial charge in [0.1, 0.15) is 33.5 Å². The monoisotopic (exact) mass is 935 g/mol. The van der Waals surface area contributed by atoms with Gasteiger partial charge < -0.3 is 18.2 Å². The summed E-state index contributed by atoms with van der Waals surface area (Å²) in [5.41, 5.74) is 22.9. The lowest BCUT2D eigenvalue weighted by molar-refractivity contribution is 0.660. The van der Waals surface area contributed by atoms with Crippen LogP contribution in [-0.4, -0.2) is 0 Å². The Morgan fingerprint density at radius 1 is 0.288 bits per heavy atom. The zero-order valence-corrected chi connectivity index (χ0v) is 40.2. The van der Waals surface area contributed by atoms with Gasteiger partial charge in [0, 0.05) is 60.4 Å². The van der Waals surface area contributed by atoms with Crippen LogP contribution in [0.4, 0.5) is 17.1 Å². The Labute approximate surface area is 421 Å². The van der Waals surface area contributed by atoms with E-state index >= 15 is 0 Å². The molecule has 0 saturated heterocycles. The van der Waals surface area contributed by atoms with E-state index in [1.54, 1.807) is 0 Å². The Bertz CT molecular complexity index is 4350. The second-order valence-corrected chi connectivity index (χ2v) is 20.0. The molecule has 14 aromatic rings. The zero-order valence-electron chi connectivity index (χ0n) is 40.2. The van der Waals surface area contributed by atoms with E-state index in [-0.39, 0.29) is 5.41 Å². The molecule has 4 heteroatoms. The summed E-state index contributed by atoms with van der Waals surface area (Å²) < 4.78 is 19.1. The molecule has 0 aliphatic heterocycles. The molecule has 1 aliphatic rings. The van der Waals surface area contributed by atoms with Gasteiger partial charge in [-0.25, -0.2) is 0 Å². The fraction of sp³-hybridized carbons (Fsp3) is 0.0435. The molecular formula is C69H45NO3. The summed E-state index contributed by atoms with van der Waals surface area (Å²) in [6, 6.07) is 85.0. The second-order valence-electron chi connectivity index (χ2n) is 20.0. The van der Waals surface area contributed by atoms with Gasteiger partial charge in [0.25, 0.3) is 0 Å². The van der Waals surface area contributed by atoms with Crippen molar-refractivity contribution >= 4 is 82.9 Å². The fourth-order valence-corrected chi connectivity index (χ4v) is 11.9. The molecule has 0 bridgehead atoms. The van der Waals surface area contributed by atoms with E-state index in [2.05, 4.69) is 225 Å². The lowest BCUT2D eigenvalue weighted by Gasteiger charge is -2.26. The maximum absolute atomic E-state index is 6.49. The Balaban J connectivity index is 0.798. The van der Waals surface area contributed by atoms with Crippen molar-refractivity contribution in [1.29, 1.82) is 0 Å². The molecule has 73 heavy (non-hydrogen) atoms. The third-order valence-electron chi connectivity index (χ3n) is 15.5. The molecule has 0 atom stereocenters. The third kappa shape index (κ3) is 6.40. The minimum Gasteiger partial charge on any atom is -0.456 e. The van der Waals surface area contributed by atoms with Crippen LogP contribution in [0.5, 0.6) is 0 Å². The molecule has 344 valence electrons. The van der Waals surface area contributed by atoms with Crippen LogP contribution < -0.4 is 4.90 Å². The van der Waals surface area contributed by atoms with Gasteiger partial charge in [-0.15, -0.1) is 0 Å². The van der Waals surface area contributed by atoms with Crippen LogP contribution >= 0.6 is 0 Å². The van der Waals surface area contributed by atoms with Crippen LogP contribution in [0.2, 0.25) is 0 Å². The van der Waals surface area contributed by atoms with Crippen LogP contribution in [0.3, 0.4) is 0 Å². The molecule has 0 unspecified atom stereocenters. The van der Waals surface area contributed by atoms with Crippen LogP contribution in [0.1, 0.15) is 25.0 Å². The number of furan rings is 3. The van der Waals surface area contributed by atoms with Gasteiger partial charge in [0.15, 0.2) is 0 Å². The van der Waals surface area contributed by atoms with E-state index in [1.807, 2.05) is 30.3 Å². The topological polar surface area (TPSA) is 42.7 Å². The van der Waals surface area contributed by atoms with Crippen molar-refractivity contribution < 1.29 is 13.3 Å². The quantitative estimate of drug-likeness (QED) is 0.160. The maximum Gasteiger partial charge on any atom is 0.143 e. The van der Waals surface area contributed by atoms with Gasteiger partial charge in [0.05, 0.1) is 0 Å². The highest BCUT2D eigenvalue weighted by molar-refractivity contribution is 6.14. The van der Waals surface area contributed by atoms with Crippen LogP contribution in [-0.2, 0) is 5.41 Å². The van der Waals surface area contributed by atoms with Crippen molar-refractivity contribution in [1.82, 2.24) is 0 Å². The molecule has 0 amide bonds. The number of hydrogen-bond donors (Lipinski definition) is 0. The zero-order chi connectivity index (χ0) is 48.4. The number of fused-ring (bicyclic) bond motifs is 12. The molecule has 3 heterocycles. The van der Waals surface area contributed by atoms with E-state index in [9.17, 15) is 0 Å². The number of anilines is 3. The number of para-hydroxylation sites is 4. The average Bonchev–Trinajstić information content (AvgIpc) is 4.19. The highest BCUT2D eigenvalue weighted by atomic mass is 16.3. The van der Waals surface area contributed by atoms with Crippen LogP contribution in [0.25, 0.3) is 121 Å². The van der Waals surface area contributed by atoms with Gasteiger partial charge in [0.2, 0.25) is 0 Å². The number of nitrogens with zero attached hydrogens (tertiary/aromatic N) is 1. The summed E-state index contributed by atoms with van der Waals surface area (Å²) in [6.07, 6.45) is 0. The van der Waals surface area contributed by atoms with Gasteiger partial charge in [-0.1, -0.05) is 172 Å². The smallest absolute Gasteiger partial charge is 0.143 e. The molecule has 11 aromatic carbocycles. The lowest BCUT2D eigenvalue weighted by atomic mass is 9.81. The van der Waals surface area contributed by atoms with Gasteiger partial charge >= 0.3 is 0 Å². The van der Waals surface area contributed by atoms with E-state index in [0.717, 1.165) is 116 Å². The second kappa shape index (κ2) is 15.8. The van der Waals surface area contributed by atoms with E-state index in [4.69, 9.17) is 13.3 Å². The highest BCUT2D eigenvalue weighted by Crippen LogP contribution is 2.52. The molecule has 0 radical (unpaired) electrons. The van der Waals surface area contributed by atoms with Gasteiger partial charge in [-0.05, 0) is 140 Å². The summed E-state index contributed by atoms with van der Waals surface area (Å²) in [5.74, 6) is 0. The minimum absolute atomic E-state index is 0.173. The van der Waals surface area contributed by atoms with Crippen LogP contribution in [0.15, 0.2) is 250 Å². The van der Waals surface area contributed by atoms with Crippen molar-refractivity contribution in [3.8, 4) is 55.6 Å². The fourth-order valence-electron chi connectivity index (χ4n) is 11.9. The Morgan fingerprint density at radius 3 is 1.33 bits per heavy atom. The Hall–Kier alpha value is -9.38. The van der Waals surface area contributed by atoms with E-state index < -0.39 is 0 Å². The minimum atomic E-state index is -0.173. The first-order valence-corrected chi connectivity index (χ1v) is 25.0. The van der Waals surface area contributed by atoms with Crippen molar-refractivity contribution in [3.63, 3.8) is 0 Å². The summed E-state index contributed by atoms with van der Waals surface area (Å²) >= 11 is 0. The number of rotatable bonds is 7. The normalized spacial score (nSPS) is 12.9. The predicted molar refractivity (Wildman–Crippen MR) is 302 cm³/mol. The Morgan fingerprint density at radius 2 is 0.740 bits per heavy atom. The molecule has 0 saturated carbocycles. The first kappa shape index (κ1) is 41.4. The van der Waals surface area contributed by atoms with Gasteiger partial charge in [-0.3, -0.25) is 0 Å². The first-order chi connectivity index (χ1) is 35.9. The molecule has 0 fully saturated rings. The highest BCUT2D eigenvalue weighted by Gasteiger charge is 2.36. The molecule has 0 N–H and O–H groups in total. The van der Waals surface area contributed by atoms with E-state index in [0.29, 0.717) is 0 Å². The van der Waals surface area contributed by atoms with Crippen molar-refractivity contribution in [2.45, 2.75) is 19.3 Å². The predicted octanol–water partition coefficient (Wildman–Crippen LogP) is 19.8. The molecule has 3 aromatic heterocycles. The third-order valence-corrected chi connectivity index (χ3v) is 15.5. The van der Waals surface area contributed by atoms with Gasteiger partial charge in [-0.2, -0.15) is 0 Å². The van der Waals surface area contributed by atoms with E-state index in [1.165, 1.54) is 33.4 Å². The van der Waals surface area contributed by atoms with Crippen molar-refractivity contribution in [3.05, 3.63) is 248 Å². The lowest BCUT2D eigenvalue weighted by Crippen LogP contribution is -2.15. The molecular weight excluding hydrogens is 891 g/mol. The summed E-state index contributed by atoms with van der Waals surface area (Å²) in [6.45, 7) is 4.70. The standard InChI is InChI=1S/C69H45NO3/c1-69(2)59-39-31-45(40-58(59)53-38-30-46(41-60(53)69)52-17-9-18-55-54-12-3-6-19-61(54)73-68(52)55)42-24-32-47(33-25-42)70(48-34-26-43(27-35-48)50-15-10-22-64-66(50)56-13-4-7-20-62(56)71-64)49-36-28-44(29-37-49)51-16-11-23-65-67(51)57-14-5-8-21-63(57)72-65/h3-41H,1-2H3. The molecule has 0 spiro atoms. The molecule has 4 nitrogen and oxygen atoms in total. The van der Waals surface area contributed by atoms with Crippen molar-refractivity contribution in [2.75, 3.05) is 4.90 Å². The average molecular weight is 936 g/mol. The number of hydrogen-bond acceptors (Lipinski definition) is 4. The molecule has 15 rings (SSSR count). The SMILES string of the molecule is CC1(C)c2ccc(-c3ccc(N(c4ccc(-c5cccc6oc7ccccc7c56)cc4)c4ccc(-c5cccc6oc7ccccc7c56)cc4)cc3)cc2-c2ccc(-c3cccc4c3oc3ccccc34)cc21.